The van der Waals surface area contributed by atoms with Crippen molar-refractivity contribution in [3.05, 3.63) is 0 Å². The number of carbonyl (C=O) groups is 2. The molecule has 0 fully saturated rings. The Labute approximate surface area is 101 Å². The van der Waals surface area contributed by atoms with E-state index in [4.69, 9.17) is 15.1 Å². The van der Waals surface area contributed by atoms with Gasteiger partial charge in [-0.15, -0.1) is 0 Å². The molecule has 0 rings (SSSR count). The Kier molecular flexibility index (Phi) is 5.11. The van der Waals surface area contributed by atoms with Gasteiger partial charge in [0.05, 0.1) is 5.60 Å². The van der Waals surface area contributed by atoms with Gasteiger partial charge in [-0.2, -0.15) is 13.2 Å². The molecule has 0 aliphatic rings. The quantitative estimate of drug-likeness (QED) is 0.564. The molecule has 0 aliphatic heterocycles. The summed E-state index contributed by atoms with van der Waals surface area (Å²) < 4.78 is 36.8. The van der Waals surface area contributed by atoms with Crippen LogP contribution in [0.5, 0.6) is 0 Å². The minimum Gasteiger partial charge on any atom is -0.480 e. The van der Waals surface area contributed by atoms with E-state index in [-0.39, 0.29) is 11.5 Å². The van der Waals surface area contributed by atoms with Gasteiger partial charge in [-0.05, 0) is 20.8 Å². The number of carbonyl (C=O) groups excluding carboxylic acids is 1. The summed E-state index contributed by atoms with van der Waals surface area (Å²) in [6, 6.07) is -2.57. The molecule has 9 heteroatoms. The molecule has 0 radical (unpaired) electrons. The number of hydrogen-bond acceptors (Lipinski definition) is 4. The van der Waals surface area contributed by atoms with Gasteiger partial charge in [-0.3, -0.25) is 9.63 Å². The second-order valence-electron chi connectivity index (χ2n) is 4.44. The van der Waals surface area contributed by atoms with Crippen LogP contribution in [0.4, 0.5) is 13.2 Å². The van der Waals surface area contributed by atoms with Crippen LogP contribution in [0.1, 0.15) is 20.8 Å². The molecule has 2 N–H and O–H groups in total. The average molecular weight is 273 g/mol. The van der Waals surface area contributed by atoms with Crippen LogP contribution in [0.2, 0.25) is 0 Å². The van der Waals surface area contributed by atoms with Gasteiger partial charge in [0.1, 0.15) is 0 Å². The molecule has 18 heavy (non-hydrogen) atoms. The van der Waals surface area contributed by atoms with E-state index in [1.165, 1.54) is 20.8 Å². The van der Waals surface area contributed by atoms with Crippen molar-refractivity contribution in [3.63, 3.8) is 0 Å². The summed E-state index contributed by atoms with van der Waals surface area (Å²) in [5.41, 5.74) is -1.10. The Morgan fingerprint density at radius 3 is 2.00 bits per heavy atom. The van der Waals surface area contributed by atoms with Gasteiger partial charge in [-0.1, -0.05) is 0 Å². The van der Waals surface area contributed by atoms with Crippen molar-refractivity contribution in [1.82, 2.24) is 5.06 Å². The van der Waals surface area contributed by atoms with Gasteiger partial charge in [0.25, 0.3) is 0 Å². The summed E-state index contributed by atoms with van der Waals surface area (Å²) in [5, 5.41) is 17.5. The lowest BCUT2D eigenvalue weighted by Gasteiger charge is -2.33. The first-order valence-electron chi connectivity index (χ1n) is 4.80. The van der Waals surface area contributed by atoms with Crippen molar-refractivity contribution in [1.29, 1.82) is 0 Å². The third kappa shape index (κ3) is 4.88. The molecule has 0 saturated heterocycles. The fourth-order valence-electron chi connectivity index (χ4n) is 1.02. The molecule has 106 valence electrons. The van der Waals surface area contributed by atoms with Gasteiger partial charge in [-0.25, -0.2) is 9.86 Å². The number of nitrogens with zero attached hydrogens (tertiary/aromatic N) is 1. The number of alkyl halides is 3. The molecule has 0 spiro atoms. The number of rotatable bonds is 5. The maximum absolute atomic E-state index is 12.3. The molecule has 0 aromatic carbocycles. The summed E-state index contributed by atoms with van der Waals surface area (Å²) in [7, 11) is 0. The number of carboxylic acids is 1. The van der Waals surface area contributed by atoms with Crippen LogP contribution in [0, 0.1) is 0 Å². The predicted molar refractivity (Wildman–Crippen MR) is 52.2 cm³/mol. The van der Waals surface area contributed by atoms with E-state index in [0.717, 1.165) is 0 Å². The topological polar surface area (TPSA) is 87.1 Å². The summed E-state index contributed by atoms with van der Waals surface area (Å²) in [6.45, 7) is 4.22. The second kappa shape index (κ2) is 5.53. The number of hydrogen-bond donors (Lipinski definition) is 2. The predicted octanol–water partition coefficient (Wildman–Crippen LogP) is 0.551. The highest BCUT2D eigenvalue weighted by atomic mass is 19.4. The zero-order valence-electron chi connectivity index (χ0n) is 9.93. The lowest BCUT2D eigenvalue weighted by atomic mass is 10.1. The first-order valence-corrected chi connectivity index (χ1v) is 4.80. The first kappa shape index (κ1) is 16.6. The molecule has 0 aromatic heterocycles. The van der Waals surface area contributed by atoms with Crippen molar-refractivity contribution in [2.24, 2.45) is 0 Å². The molecule has 0 saturated carbocycles. The molecule has 0 bridgehead atoms. The van der Waals surface area contributed by atoms with Crippen molar-refractivity contribution >= 4 is 12.4 Å². The van der Waals surface area contributed by atoms with Crippen molar-refractivity contribution < 1.29 is 37.8 Å². The van der Waals surface area contributed by atoms with Crippen molar-refractivity contribution in [2.75, 3.05) is 0 Å². The Bertz CT molecular complexity index is 312. The van der Waals surface area contributed by atoms with Crippen molar-refractivity contribution in [3.8, 4) is 0 Å². The van der Waals surface area contributed by atoms with E-state index in [2.05, 4.69) is 0 Å². The number of halogens is 3. The third-order valence-electron chi connectivity index (χ3n) is 1.64. The summed E-state index contributed by atoms with van der Waals surface area (Å²) in [4.78, 5) is 26.1. The minimum absolute atomic E-state index is 0.0551. The lowest BCUT2D eigenvalue weighted by Crippen LogP contribution is -2.55. The molecule has 1 amide bonds. The molecular weight excluding hydrogens is 259 g/mol. The smallest absolute Gasteiger partial charge is 0.417 e. The molecule has 2 atom stereocenters. The van der Waals surface area contributed by atoms with E-state index >= 15 is 0 Å². The standard InChI is InChI=1S/C9H14F3NO5/c1-8(2,3)18-13(4-14)5(7(16)17)6(15)9(10,11)12/h4-6,15H,1-3H3,(H,16,17). The second-order valence-corrected chi connectivity index (χ2v) is 4.44. The fourth-order valence-corrected chi connectivity index (χ4v) is 1.02. The first-order chi connectivity index (χ1) is 7.90. The molecule has 0 aliphatic carbocycles. The highest BCUT2D eigenvalue weighted by molar-refractivity contribution is 5.76. The van der Waals surface area contributed by atoms with E-state index in [0.29, 0.717) is 0 Å². The maximum atomic E-state index is 12.3. The van der Waals surface area contributed by atoms with E-state index in [1.807, 2.05) is 0 Å². The number of aliphatic hydroxyl groups is 1. The van der Waals surface area contributed by atoms with Crippen LogP contribution in [-0.4, -0.2) is 51.6 Å². The Hall–Kier alpha value is -1.35. The highest BCUT2D eigenvalue weighted by Gasteiger charge is 2.50. The van der Waals surface area contributed by atoms with Gasteiger partial charge in [0.2, 0.25) is 6.41 Å². The molecule has 0 heterocycles. The number of carboxylic acid groups (broad SMARTS) is 1. The molecule has 2 unspecified atom stereocenters. The number of aliphatic carboxylic acids is 1. The number of hydroxylamine groups is 2. The Morgan fingerprint density at radius 1 is 1.33 bits per heavy atom. The summed E-state index contributed by atoms with van der Waals surface area (Å²) in [6.07, 6.45) is -8.66. The van der Waals surface area contributed by atoms with Crippen LogP contribution in [0.25, 0.3) is 0 Å². The third-order valence-corrected chi connectivity index (χ3v) is 1.64. The van der Waals surface area contributed by atoms with E-state index in [1.54, 1.807) is 0 Å². The van der Waals surface area contributed by atoms with Crippen molar-refractivity contribution in [2.45, 2.75) is 44.7 Å². The van der Waals surface area contributed by atoms with Crippen LogP contribution in [0.15, 0.2) is 0 Å². The zero-order chi connectivity index (χ0) is 14.7. The molecule has 0 aromatic rings. The number of aliphatic hydroxyl groups excluding tert-OH is 1. The summed E-state index contributed by atoms with van der Waals surface area (Å²) >= 11 is 0. The van der Waals surface area contributed by atoms with Crippen LogP contribution in [0.3, 0.4) is 0 Å². The van der Waals surface area contributed by atoms with Gasteiger partial charge < -0.3 is 10.2 Å². The molecular formula is C9H14F3NO5. The van der Waals surface area contributed by atoms with Crippen LogP contribution in [-0.2, 0) is 14.4 Å². The average Bonchev–Trinajstić information content (AvgIpc) is 2.12. The van der Waals surface area contributed by atoms with Gasteiger partial charge in [0.15, 0.2) is 12.1 Å². The lowest BCUT2D eigenvalue weighted by molar-refractivity contribution is -0.278. The molecule has 6 nitrogen and oxygen atoms in total. The van der Waals surface area contributed by atoms with Crippen LogP contribution >= 0.6 is 0 Å². The Morgan fingerprint density at radius 2 is 1.78 bits per heavy atom. The Balaban J connectivity index is 5.20. The largest absolute Gasteiger partial charge is 0.480 e. The maximum Gasteiger partial charge on any atom is 0.417 e. The SMILES string of the molecule is CC(C)(C)ON(C=O)C(C(=O)O)C(O)C(F)(F)F. The van der Waals surface area contributed by atoms with Crippen LogP contribution < -0.4 is 0 Å². The highest BCUT2D eigenvalue weighted by Crippen LogP contribution is 2.26. The minimum atomic E-state index is -5.19. The normalized spacial score (nSPS) is 15.9. The van der Waals surface area contributed by atoms with Gasteiger partial charge in [0, 0.05) is 0 Å². The zero-order valence-corrected chi connectivity index (χ0v) is 9.93. The van der Waals surface area contributed by atoms with E-state index < -0.39 is 29.9 Å². The summed E-state index contributed by atoms with van der Waals surface area (Å²) in [5.74, 6) is -2.03. The van der Waals surface area contributed by atoms with E-state index in [9.17, 15) is 22.8 Å². The fraction of sp³-hybridized carbons (Fsp3) is 0.778. The monoisotopic (exact) mass is 273 g/mol. The number of amides is 1. The van der Waals surface area contributed by atoms with Gasteiger partial charge >= 0.3 is 12.1 Å².